The molecule has 3 aromatic rings. The topological polar surface area (TPSA) is 141 Å². The summed E-state index contributed by atoms with van der Waals surface area (Å²) in [5.74, 6) is -1.11. The second-order valence-electron chi connectivity index (χ2n) is 10.1. The van der Waals surface area contributed by atoms with Crippen LogP contribution >= 0.6 is 11.8 Å². The van der Waals surface area contributed by atoms with Crippen molar-refractivity contribution in [3.8, 4) is 17.5 Å². The van der Waals surface area contributed by atoms with Crippen molar-refractivity contribution >= 4 is 29.2 Å². The van der Waals surface area contributed by atoms with Gasteiger partial charge in [0.25, 0.3) is 0 Å². The summed E-state index contributed by atoms with van der Waals surface area (Å²) in [4.78, 5) is 23.2. The van der Waals surface area contributed by atoms with Crippen LogP contribution in [0.3, 0.4) is 0 Å². The van der Waals surface area contributed by atoms with E-state index < -0.39 is 45.8 Å². The first-order valence-corrected chi connectivity index (χ1v) is 14.0. The number of nitrogens with two attached hydrogens (primary N) is 1. The Kier molecular flexibility index (Phi) is 14.5. The zero-order valence-electron chi connectivity index (χ0n) is 25.3. The Morgan fingerprint density at radius 1 is 0.851 bits per heavy atom. The molecule has 0 fully saturated rings. The first-order chi connectivity index (χ1) is 21.7. The van der Waals surface area contributed by atoms with E-state index in [1.807, 2.05) is 0 Å². The first-order valence-electron chi connectivity index (χ1n) is 13.2. The molecule has 0 aliphatic carbocycles. The van der Waals surface area contributed by atoms with E-state index in [2.05, 4.69) is 0 Å². The Hall–Kier alpha value is -5.07. The highest BCUT2D eigenvalue weighted by molar-refractivity contribution is 8.03. The fraction of sp³-hybridized carbons (Fsp3) is 0.281. The Balaban J connectivity index is 0.000000359. The average molecular weight is 681 g/mol. The zero-order valence-corrected chi connectivity index (χ0v) is 26.1. The van der Waals surface area contributed by atoms with Crippen LogP contribution in [0.1, 0.15) is 65.4 Å². The number of methoxy groups -OCH3 is 1. The fourth-order valence-corrected chi connectivity index (χ4v) is 4.23. The lowest BCUT2D eigenvalue weighted by atomic mass is 9.85. The number of nitriles is 3. The van der Waals surface area contributed by atoms with Crippen molar-refractivity contribution in [2.45, 2.75) is 50.9 Å². The van der Waals surface area contributed by atoms with Crippen LogP contribution in [0.2, 0.25) is 0 Å². The van der Waals surface area contributed by atoms with E-state index in [4.69, 9.17) is 26.3 Å². The highest BCUT2D eigenvalue weighted by atomic mass is 32.2. The molecule has 0 atom stereocenters. The number of nitrogen functional groups attached to an aromatic ring is 1. The van der Waals surface area contributed by atoms with Gasteiger partial charge in [-0.05, 0) is 86.1 Å². The predicted octanol–water partition coefficient (Wildman–Crippen LogP) is 8.47. The molecule has 15 heteroatoms. The molecule has 0 aliphatic heterocycles. The maximum Gasteiger partial charge on any atom is 0.417 e. The summed E-state index contributed by atoms with van der Waals surface area (Å²) < 4.78 is 92.4. The summed E-state index contributed by atoms with van der Waals surface area (Å²) in [5, 5.41) is 26.8. The van der Waals surface area contributed by atoms with Gasteiger partial charge in [0.1, 0.15) is 11.2 Å². The zero-order chi connectivity index (χ0) is 36.2. The standard InChI is InChI=1S/C15H19FO3.C9H3F3N2S.C8H5F3N2/c1-5-13(17)11-7-6-10(8-12(11)16)9-15(2,3)14(18)19-4;10-9(11,12)8-3-7(15-5-14)2-1-6(8)4-13;9-8(10,11)7-3-6(13)2-1-5(7)4-12/h6-8H,5,9H2,1-4H3;1-3H;1-3H,13H2. The molecule has 0 radical (unpaired) electrons. The van der Waals surface area contributed by atoms with Crippen LogP contribution in [0, 0.1) is 44.6 Å². The molecule has 248 valence electrons. The largest absolute Gasteiger partial charge is 0.469 e. The normalized spacial score (nSPS) is 10.9. The number of ether oxygens (including phenoxy) is 1. The molecule has 0 amide bonds. The summed E-state index contributed by atoms with van der Waals surface area (Å²) in [6.45, 7) is 5.17. The molecule has 0 heterocycles. The van der Waals surface area contributed by atoms with E-state index in [0.29, 0.717) is 23.7 Å². The van der Waals surface area contributed by atoms with Crippen molar-refractivity contribution in [2.75, 3.05) is 12.8 Å². The quantitative estimate of drug-likeness (QED) is 0.0683. The third kappa shape index (κ3) is 12.0. The van der Waals surface area contributed by atoms with Gasteiger partial charge in [-0.3, -0.25) is 9.59 Å². The van der Waals surface area contributed by atoms with Crippen LogP contribution in [0.15, 0.2) is 59.5 Å². The molecule has 3 aromatic carbocycles. The summed E-state index contributed by atoms with van der Waals surface area (Å²) >= 11 is 0.621. The summed E-state index contributed by atoms with van der Waals surface area (Å²) in [6.07, 6.45) is -8.47. The molecular weight excluding hydrogens is 653 g/mol. The number of thiocyanates is 1. The number of nitrogens with zero attached hydrogens (tertiary/aromatic N) is 3. The van der Waals surface area contributed by atoms with Crippen LogP contribution in [-0.4, -0.2) is 18.9 Å². The van der Waals surface area contributed by atoms with E-state index in [9.17, 15) is 40.3 Å². The number of carbonyl (C=O) groups excluding carboxylic acids is 2. The number of esters is 1. The van der Waals surface area contributed by atoms with E-state index in [1.165, 1.54) is 43.5 Å². The number of anilines is 1. The van der Waals surface area contributed by atoms with Gasteiger partial charge in [0.15, 0.2) is 5.78 Å². The van der Waals surface area contributed by atoms with Crippen molar-refractivity contribution in [3.63, 3.8) is 0 Å². The monoisotopic (exact) mass is 680 g/mol. The van der Waals surface area contributed by atoms with E-state index >= 15 is 0 Å². The SMILES string of the molecule is CCC(=O)c1ccc(CC(C)(C)C(=O)OC)cc1F.N#CSc1ccc(C#N)c(C(F)(F)F)c1.N#Cc1ccc(N)cc1C(F)(F)F. The molecule has 0 saturated heterocycles. The second-order valence-corrected chi connectivity index (χ2v) is 10.9. The van der Waals surface area contributed by atoms with E-state index in [1.54, 1.807) is 32.2 Å². The molecule has 2 N–H and O–H groups in total. The van der Waals surface area contributed by atoms with Gasteiger partial charge in [-0.25, -0.2) is 4.39 Å². The fourth-order valence-electron chi connectivity index (χ4n) is 3.81. The average Bonchev–Trinajstić information content (AvgIpc) is 3.00. The Morgan fingerprint density at radius 2 is 1.38 bits per heavy atom. The highest BCUT2D eigenvalue weighted by Gasteiger charge is 2.34. The lowest BCUT2D eigenvalue weighted by Crippen LogP contribution is -2.28. The summed E-state index contributed by atoms with van der Waals surface area (Å²) in [6, 6.07) is 13.6. The second kappa shape index (κ2) is 17.0. The van der Waals surface area contributed by atoms with Gasteiger partial charge in [0.2, 0.25) is 0 Å². The molecule has 0 bridgehead atoms. The van der Waals surface area contributed by atoms with Gasteiger partial charge in [-0.15, -0.1) is 0 Å². The minimum Gasteiger partial charge on any atom is -0.469 e. The third-order valence-electron chi connectivity index (χ3n) is 6.09. The minimum atomic E-state index is -4.57. The smallest absolute Gasteiger partial charge is 0.417 e. The Labute approximate surface area is 270 Å². The van der Waals surface area contributed by atoms with Crippen LogP contribution < -0.4 is 5.73 Å². The lowest BCUT2D eigenvalue weighted by molar-refractivity contribution is -0.150. The Bertz CT molecular complexity index is 1720. The van der Waals surface area contributed by atoms with Crippen LogP contribution in [0.25, 0.3) is 0 Å². The number of halogens is 7. The molecule has 0 aromatic heterocycles. The minimum absolute atomic E-state index is 0.00803. The number of Topliss-reactive ketones (excluding diaryl/α,β-unsaturated/α-hetero) is 1. The molecule has 47 heavy (non-hydrogen) atoms. The molecular formula is C32H27F7N4O3S. The number of carbonyl (C=O) groups is 2. The maximum atomic E-state index is 13.8. The van der Waals surface area contributed by atoms with Gasteiger partial charge >= 0.3 is 18.3 Å². The maximum absolute atomic E-state index is 13.8. The molecule has 0 aliphatic rings. The number of alkyl halides is 6. The number of hydrogen-bond acceptors (Lipinski definition) is 8. The van der Waals surface area contributed by atoms with E-state index in [0.717, 1.165) is 24.3 Å². The number of benzene rings is 3. The number of hydrogen-bond donors (Lipinski definition) is 1. The van der Waals surface area contributed by atoms with Crippen LogP contribution in [0.4, 0.5) is 36.4 Å². The van der Waals surface area contributed by atoms with Crippen molar-refractivity contribution in [3.05, 3.63) is 93.8 Å². The molecule has 0 unspecified atom stereocenters. The van der Waals surface area contributed by atoms with E-state index in [-0.39, 0.29) is 34.3 Å². The summed E-state index contributed by atoms with van der Waals surface area (Å²) in [7, 11) is 1.33. The van der Waals surface area contributed by atoms with Crippen molar-refractivity contribution in [1.29, 1.82) is 15.8 Å². The predicted molar refractivity (Wildman–Crippen MR) is 159 cm³/mol. The molecule has 7 nitrogen and oxygen atoms in total. The first kappa shape index (κ1) is 40.0. The van der Waals surface area contributed by atoms with Gasteiger partial charge < -0.3 is 10.5 Å². The lowest BCUT2D eigenvalue weighted by Gasteiger charge is -2.21. The molecule has 0 saturated carbocycles. The number of ketones is 1. The van der Waals surface area contributed by atoms with Crippen molar-refractivity contribution in [1.82, 2.24) is 0 Å². The molecule has 0 spiro atoms. The van der Waals surface area contributed by atoms with Gasteiger partial charge in [0, 0.05) is 17.0 Å². The summed E-state index contributed by atoms with van der Waals surface area (Å²) in [5.41, 5.74) is 2.35. The van der Waals surface area contributed by atoms with Crippen molar-refractivity contribution in [2.24, 2.45) is 5.41 Å². The van der Waals surface area contributed by atoms with Crippen LogP contribution in [0.5, 0.6) is 0 Å². The van der Waals surface area contributed by atoms with Gasteiger partial charge in [-0.2, -0.15) is 42.1 Å². The highest BCUT2D eigenvalue weighted by Crippen LogP contribution is 2.35. The van der Waals surface area contributed by atoms with Gasteiger partial charge in [0.05, 0.1) is 52.5 Å². The number of thioether (sulfide) groups is 1. The van der Waals surface area contributed by atoms with Gasteiger partial charge in [-0.1, -0.05) is 13.0 Å². The Morgan fingerprint density at radius 3 is 1.83 bits per heavy atom. The van der Waals surface area contributed by atoms with Crippen molar-refractivity contribution < 1.29 is 45.1 Å². The molecule has 3 rings (SSSR count). The van der Waals surface area contributed by atoms with Crippen LogP contribution in [-0.2, 0) is 28.3 Å². The number of rotatable bonds is 6. The third-order valence-corrected chi connectivity index (χ3v) is 6.67.